The second-order valence-electron chi connectivity index (χ2n) is 5.80. The minimum atomic E-state index is 0.248. The van der Waals surface area contributed by atoms with Crippen molar-refractivity contribution >= 4 is 0 Å². The highest BCUT2D eigenvalue weighted by molar-refractivity contribution is 5.16. The average molecular weight is 306 g/mol. The monoisotopic (exact) mass is 306 g/mol. The number of rotatable bonds is 6. The first kappa shape index (κ1) is 15.4. The van der Waals surface area contributed by atoms with E-state index in [1.165, 1.54) is 5.56 Å². The van der Waals surface area contributed by atoms with Gasteiger partial charge in [0.25, 0.3) is 0 Å². The van der Waals surface area contributed by atoms with Crippen molar-refractivity contribution in [3.63, 3.8) is 0 Å². The number of pyridine rings is 1. The lowest BCUT2D eigenvalue weighted by Gasteiger charge is -2.24. The number of hydrogen-bond donors (Lipinski definition) is 0. The van der Waals surface area contributed by atoms with Crippen molar-refractivity contribution in [1.29, 1.82) is 0 Å². The molecule has 4 nitrogen and oxygen atoms in total. The molecule has 2 heterocycles. The van der Waals surface area contributed by atoms with Crippen LogP contribution in [0, 0.1) is 0 Å². The van der Waals surface area contributed by atoms with Crippen LogP contribution >= 0.6 is 0 Å². The Morgan fingerprint density at radius 3 is 2.52 bits per heavy atom. The summed E-state index contributed by atoms with van der Waals surface area (Å²) < 4.78 is 2.21. The van der Waals surface area contributed by atoms with Gasteiger partial charge >= 0.3 is 0 Å². The van der Waals surface area contributed by atoms with Crippen molar-refractivity contribution in [2.24, 2.45) is 0 Å². The van der Waals surface area contributed by atoms with E-state index in [1.54, 1.807) is 0 Å². The van der Waals surface area contributed by atoms with Gasteiger partial charge in [0.1, 0.15) is 5.82 Å². The highest BCUT2D eigenvalue weighted by atomic mass is 15.2. The zero-order valence-electron chi connectivity index (χ0n) is 13.6. The maximum Gasteiger partial charge on any atom is 0.123 e. The summed E-state index contributed by atoms with van der Waals surface area (Å²) in [6, 6.07) is 16.8. The summed E-state index contributed by atoms with van der Waals surface area (Å²) in [6.45, 7) is 3.81. The van der Waals surface area contributed by atoms with Crippen LogP contribution in [-0.2, 0) is 13.1 Å². The number of benzene rings is 1. The van der Waals surface area contributed by atoms with Gasteiger partial charge in [0.2, 0.25) is 0 Å². The van der Waals surface area contributed by atoms with Gasteiger partial charge in [-0.1, -0.05) is 36.4 Å². The normalized spacial score (nSPS) is 12.5. The first-order chi connectivity index (χ1) is 11.2. The average Bonchev–Trinajstić information content (AvgIpc) is 3.02. The van der Waals surface area contributed by atoms with E-state index in [4.69, 9.17) is 0 Å². The molecule has 0 fully saturated rings. The Labute approximate surface area is 137 Å². The molecule has 0 aliphatic rings. The van der Waals surface area contributed by atoms with E-state index in [9.17, 15) is 0 Å². The van der Waals surface area contributed by atoms with E-state index >= 15 is 0 Å². The summed E-state index contributed by atoms with van der Waals surface area (Å²) in [5.74, 6) is 1.07. The summed E-state index contributed by atoms with van der Waals surface area (Å²) in [7, 11) is 2.11. The van der Waals surface area contributed by atoms with E-state index < -0.39 is 0 Å². The third-order valence-electron chi connectivity index (χ3n) is 4.17. The van der Waals surface area contributed by atoms with Gasteiger partial charge < -0.3 is 4.57 Å². The van der Waals surface area contributed by atoms with E-state index in [1.807, 2.05) is 36.8 Å². The maximum atomic E-state index is 4.53. The van der Waals surface area contributed by atoms with Gasteiger partial charge in [0, 0.05) is 31.2 Å². The van der Waals surface area contributed by atoms with Gasteiger partial charge in [-0.3, -0.25) is 9.88 Å². The molecule has 1 atom stereocenters. The van der Waals surface area contributed by atoms with Gasteiger partial charge in [-0.25, -0.2) is 4.98 Å². The zero-order valence-corrected chi connectivity index (χ0v) is 13.6. The molecule has 0 amide bonds. The first-order valence-corrected chi connectivity index (χ1v) is 7.89. The molecular formula is C19H22N4. The Balaban J connectivity index is 1.70. The Morgan fingerprint density at radius 2 is 1.78 bits per heavy atom. The second kappa shape index (κ2) is 7.20. The lowest BCUT2D eigenvalue weighted by molar-refractivity contribution is 0.239. The molecule has 0 N–H and O–H groups in total. The summed E-state index contributed by atoms with van der Waals surface area (Å²) >= 11 is 0. The van der Waals surface area contributed by atoms with E-state index in [0.717, 1.165) is 24.6 Å². The van der Waals surface area contributed by atoms with Gasteiger partial charge in [0.15, 0.2) is 0 Å². The number of imidazole rings is 1. The molecule has 23 heavy (non-hydrogen) atoms. The molecule has 0 aliphatic heterocycles. The minimum absolute atomic E-state index is 0.248. The van der Waals surface area contributed by atoms with Crippen LogP contribution < -0.4 is 0 Å². The fourth-order valence-electron chi connectivity index (χ4n) is 2.62. The SMILES string of the molecule is CC(c1ccccn1)N(C)Cc1nccn1Cc1ccccc1. The first-order valence-electron chi connectivity index (χ1n) is 7.89. The topological polar surface area (TPSA) is 34.0 Å². The fraction of sp³-hybridized carbons (Fsp3) is 0.263. The highest BCUT2D eigenvalue weighted by Crippen LogP contribution is 2.18. The van der Waals surface area contributed by atoms with E-state index in [-0.39, 0.29) is 6.04 Å². The van der Waals surface area contributed by atoms with Crippen LogP contribution in [-0.4, -0.2) is 26.5 Å². The fourth-order valence-corrected chi connectivity index (χ4v) is 2.62. The molecule has 1 unspecified atom stereocenters. The predicted octanol–water partition coefficient (Wildman–Crippen LogP) is 3.52. The Hall–Kier alpha value is -2.46. The molecule has 0 radical (unpaired) electrons. The van der Waals surface area contributed by atoms with Crippen LogP contribution in [0.3, 0.4) is 0 Å². The molecule has 3 aromatic rings. The smallest absolute Gasteiger partial charge is 0.123 e. The lowest BCUT2D eigenvalue weighted by atomic mass is 10.2. The highest BCUT2D eigenvalue weighted by Gasteiger charge is 2.15. The van der Waals surface area contributed by atoms with Crippen molar-refractivity contribution in [3.05, 3.63) is 84.2 Å². The molecule has 4 heteroatoms. The van der Waals surface area contributed by atoms with Crippen LogP contribution in [0.1, 0.15) is 30.0 Å². The molecule has 118 valence electrons. The molecule has 0 bridgehead atoms. The molecule has 0 saturated carbocycles. The quantitative estimate of drug-likeness (QED) is 0.699. The summed E-state index contributed by atoms with van der Waals surface area (Å²) in [5.41, 5.74) is 2.36. The Bertz CT molecular complexity index is 721. The third kappa shape index (κ3) is 3.85. The van der Waals surface area contributed by atoms with Crippen molar-refractivity contribution < 1.29 is 0 Å². The van der Waals surface area contributed by atoms with Crippen LogP contribution in [0.4, 0.5) is 0 Å². The van der Waals surface area contributed by atoms with Gasteiger partial charge in [0.05, 0.1) is 12.2 Å². The van der Waals surface area contributed by atoms with Crippen molar-refractivity contribution in [2.45, 2.75) is 26.1 Å². The predicted molar refractivity (Wildman–Crippen MR) is 91.9 cm³/mol. The van der Waals surface area contributed by atoms with Crippen LogP contribution in [0.2, 0.25) is 0 Å². The maximum absolute atomic E-state index is 4.53. The summed E-state index contributed by atoms with van der Waals surface area (Å²) in [4.78, 5) is 11.2. The number of aromatic nitrogens is 3. The summed E-state index contributed by atoms with van der Waals surface area (Å²) in [6.07, 6.45) is 5.76. The van der Waals surface area contributed by atoms with Gasteiger partial charge in [-0.2, -0.15) is 0 Å². The van der Waals surface area contributed by atoms with Crippen LogP contribution in [0.25, 0.3) is 0 Å². The van der Waals surface area contributed by atoms with Gasteiger partial charge in [-0.15, -0.1) is 0 Å². The minimum Gasteiger partial charge on any atom is -0.329 e. The lowest BCUT2D eigenvalue weighted by Crippen LogP contribution is -2.24. The van der Waals surface area contributed by atoms with E-state index in [2.05, 4.69) is 63.7 Å². The number of hydrogen-bond acceptors (Lipinski definition) is 3. The molecule has 0 saturated heterocycles. The zero-order chi connectivity index (χ0) is 16.1. The Kier molecular flexibility index (Phi) is 4.83. The molecule has 0 aliphatic carbocycles. The third-order valence-corrected chi connectivity index (χ3v) is 4.17. The van der Waals surface area contributed by atoms with Crippen molar-refractivity contribution in [1.82, 2.24) is 19.4 Å². The second-order valence-corrected chi connectivity index (χ2v) is 5.80. The Morgan fingerprint density at radius 1 is 1.00 bits per heavy atom. The molecule has 0 spiro atoms. The van der Waals surface area contributed by atoms with Crippen LogP contribution in [0.5, 0.6) is 0 Å². The van der Waals surface area contributed by atoms with E-state index in [0.29, 0.717) is 0 Å². The van der Waals surface area contributed by atoms with Crippen LogP contribution in [0.15, 0.2) is 67.1 Å². The largest absolute Gasteiger partial charge is 0.329 e. The number of nitrogens with zero attached hydrogens (tertiary/aromatic N) is 4. The van der Waals surface area contributed by atoms with Crippen molar-refractivity contribution in [3.8, 4) is 0 Å². The molecule has 3 rings (SSSR count). The molecule has 1 aromatic carbocycles. The molecular weight excluding hydrogens is 284 g/mol. The molecule has 2 aromatic heterocycles. The standard InChI is InChI=1S/C19H22N4/c1-16(18-10-6-7-11-20-18)22(2)15-19-21-12-13-23(19)14-17-8-4-3-5-9-17/h3-13,16H,14-15H2,1-2H3. The van der Waals surface area contributed by atoms with Crippen molar-refractivity contribution in [2.75, 3.05) is 7.05 Å². The summed E-state index contributed by atoms with van der Waals surface area (Å²) in [5, 5.41) is 0. The van der Waals surface area contributed by atoms with Gasteiger partial charge in [-0.05, 0) is 31.7 Å².